The van der Waals surface area contributed by atoms with E-state index in [-0.39, 0.29) is 18.3 Å². The van der Waals surface area contributed by atoms with E-state index in [1.54, 1.807) is 5.25 Å². The number of nitrogens with zero attached hydrogens (tertiary/aromatic N) is 1. The van der Waals surface area contributed by atoms with E-state index < -0.39 is 0 Å². The van der Waals surface area contributed by atoms with Crippen LogP contribution in [0.25, 0.3) is 0 Å². The summed E-state index contributed by atoms with van der Waals surface area (Å²) in [5.41, 5.74) is 0. The first kappa shape index (κ1) is 10.5. The third-order valence-corrected chi connectivity index (χ3v) is 4.50. The molecular weight excluding hydrogens is 183 g/mol. The van der Waals surface area contributed by atoms with Crippen LogP contribution < -0.4 is 0 Å². The maximum absolute atomic E-state index is 2.51. The standard InChI is InChI=1S/C8H21GeN.2H/c1-4-10(5-2)8-6-7-9-3;;/h4-9H2,1-3H3;;/q;2*-1. The SMILES string of the molecule is CCN(CC)CC[CH2][GeH2][CH3].[H-].[H-]. The van der Waals surface area contributed by atoms with E-state index in [2.05, 4.69) is 24.5 Å². The molecule has 0 rings (SSSR count). The predicted molar refractivity (Wildman–Crippen MR) is 53.8 cm³/mol. The summed E-state index contributed by atoms with van der Waals surface area (Å²) < 4.78 is 0. The fourth-order valence-corrected chi connectivity index (χ4v) is 2.64. The maximum atomic E-state index is 2.51. The van der Waals surface area contributed by atoms with Gasteiger partial charge in [-0.05, 0) is 0 Å². The third kappa shape index (κ3) is 5.30. The van der Waals surface area contributed by atoms with Gasteiger partial charge in [-0.2, -0.15) is 0 Å². The van der Waals surface area contributed by atoms with Crippen LogP contribution in [0.2, 0.25) is 11.0 Å². The molecule has 0 N–H and O–H groups in total. The van der Waals surface area contributed by atoms with Crippen molar-refractivity contribution in [2.75, 3.05) is 19.6 Å². The van der Waals surface area contributed by atoms with Gasteiger partial charge in [0.1, 0.15) is 0 Å². The first-order valence-electron chi connectivity index (χ1n) is 4.57. The van der Waals surface area contributed by atoms with E-state index in [0.717, 1.165) is 0 Å². The van der Waals surface area contributed by atoms with Gasteiger partial charge < -0.3 is 2.85 Å². The van der Waals surface area contributed by atoms with E-state index in [0.29, 0.717) is 0 Å². The largest absolute Gasteiger partial charge is 1.00 e. The van der Waals surface area contributed by atoms with Crippen LogP contribution in [0.4, 0.5) is 0 Å². The van der Waals surface area contributed by atoms with Crippen molar-refractivity contribution in [1.29, 1.82) is 0 Å². The Morgan fingerprint density at radius 2 is 1.90 bits per heavy atom. The Labute approximate surface area is 74.6 Å². The van der Waals surface area contributed by atoms with Gasteiger partial charge in [0.2, 0.25) is 0 Å². The molecule has 10 heavy (non-hydrogen) atoms. The van der Waals surface area contributed by atoms with Gasteiger partial charge in [-0.1, -0.05) is 0 Å². The molecule has 0 atom stereocenters. The summed E-state index contributed by atoms with van der Waals surface area (Å²) in [5.74, 6) is 2.44. The van der Waals surface area contributed by atoms with Gasteiger partial charge in [-0.15, -0.1) is 0 Å². The average Bonchev–Trinajstić information content (AvgIpc) is 1.99. The van der Waals surface area contributed by atoms with Crippen LogP contribution >= 0.6 is 0 Å². The van der Waals surface area contributed by atoms with Crippen LogP contribution in [0.15, 0.2) is 0 Å². The van der Waals surface area contributed by atoms with E-state index in [1.165, 1.54) is 26.1 Å². The fourth-order valence-electron chi connectivity index (χ4n) is 1.13. The predicted octanol–water partition coefficient (Wildman–Crippen LogP) is 1.58. The van der Waals surface area contributed by atoms with Crippen molar-refractivity contribution in [3.63, 3.8) is 0 Å². The summed E-state index contributed by atoms with van der Waals surface area (Å²) >= 11 is -0.0229. The molecule has 0 aromatic carbocycles. The van der Waals surface area contributed by atoms with Crippen LogP contribution in [0.5, 0.6) is 0 Å². The Balaban J connectivity index is -0.000000405. The molecule has 0 spiro atoms. The second-order valence-electron chi connectivity index (χ2n) is 2.73. The molecule has 66 valence electrons. The Morgan fingerprint density at radius 3 is 2.30 bits per heavy atom. The van der Waals surface area contributed by atoms with Crippen molar-refractivity contribution in [2.24, 2.45) is 0 Å². The number of hydrogen-bond acceptors (Lipinski definition) is 1. The molecule has 0 aliphatic carbocycles. The van der Waals surface area contributed by atoms with Crippen LogP contribution in [0, 0.1) is 0 Å². The summed E-state index contributed by atoms with van der Waals surface area (Å²) in [6, 6.07) is 0. The summed E-state index contributed by atoms with van der Waals surface area (Å²) in [6.45, 7) is 8.29. The second kappa shape index (κ2) is 7.61. The molecule has 0 unspecified atom stereocenters. The van der Waals surface area contributed by atoms with E-state index in [4.69, 9.17) is 0 Å². The number of hydrogen-bond donors (Lipinski definition) is 0. The van der Waals surface area contributed by atoms with Gasteiger partial charge in [0, 0.05) is 0 Å². The van der Waals surface area contributed by atoms with Crippen molar-refractivity contribution in [3.05, 3.63) is 0 Å². The van der Waals surface area contributed by atoms with Crippen molar-refractivity contribution in [1.82, 2.24) is 4.90 Å². The maximum Gasteiger partial charge on any atom is -1.00 e. The van der Waals surface area contributed by atoms with Gasteiger partial charge in [-0.25, -0.2) is 0 Å². The smallest absolute Gasteiger partial charge is 1.00 e. The molecular formula is C8H23GeN-2. The second-order valence-corrected chi connectivity index (χ2v) is 6.32. The fraction of sp³-hybridized carbons (Fsp3) is 1.00. The molecule has 0 radical (unpaired) electrons. The molecule has 0 saturated heterocycles. The van der Waals surface area contributed by atoms with Crippen LogP contribution in [-0.4, -0.2) is 40.0 Å². The zero-order valence-electron chi connectivity index (χ0n) is 9.69. The van der Waals surface area contributed by atoms with E-state index in [1.807, 2.05) is 0 Å². The molecule has 0 amide bonds. The summed E-state index contributed by atoms with van der Waals surface area (Å²) in [4.78, 5) is 2.51. The van der Waals surface area contributed by atoms with E-state index in [9.17, 15) is 0 Å². The molecule has 0 aliphatic heterocycles. The first-order chi connectivity index (χ1) is 4.85. The molecule has 0 heterocycles. The quantitative estimate of drug-likeness (QED) is 0.470. The van der Waals surface area contributed by atoms with Gasteiger partial charge in [0.05, 0.1) is 0 Å². The monoisotopic (exact) mass is 207 g/mol. The molecule has 0 aromatic heterocycles. The summed E-state index contributed by atoms with van der Waals surface area (Å²) in [7, 11) is 0. The van der Waals surface area contributed by atoms with Gasteiger partial charge in [-0.3, -0.25) is 0 Å². The summed E-state index contributed by atoms with van der Waals surface area (Å²) in [6.07, 6.45) is 1.46. The molecule has 0 aliphatic rings. The topological polar surface area (TPSA) is 3.24 Å². The summed E-state index contributed by atoms with van der Waals surface area (Å²) in [5, 5.41) is 1.57. The average molecular weight is 206 g/mol. The van der Waals surface area contributed by atoms with Crippen LogP contribution in [-0.2, 0) is 0 Å². The minimum Gasteiger partial charge on any atom is -1.00 e. The minimum atomic E-state index is -0.0229. The molecule has 0 aromatic rings. The van der Waals surface area contributed by atoms with E-state index >= 15 is 0 Å². The van der Waals surface area contributed by atoms with Gasteiger partial charge in [0.15, 0.2) is 0 Å². The first-order valence-corrected chi connectivity index (χ1v) is 9.64. The Morgan fingerprint density at radius 1 is 1.30 bits per heavy atom. The molecule has 0 saturated carbocycles. The number of rotatable bonds is 6. The Hall–Kier alpha value is 0.503. The van der Waals surface area contributed by atoms with Crippen molar-refractivity contribution in [2.45, 2.75) is 31.3 Å². The van der Waals surface area contributed by atoms with Gasteiger partial charge >= 0.3 is 71.2 Å². The minimum absolute atomic E-state index is 0. The zero-order valence-corrected chi connectivity index (χ0v) is 10.7. The molecule has 2 heteroatoms. The zero-order chi connectivity index (χ0) is 7.82. The molecule has 1 nitrogen and oxygen atoms in total. The van der Waals surface area contributed by atoms with Crippen LogP contribution in [0.3, 0.4) is 0 Å². The van der Waals surface area contributed by atoms with Crippen molar-refractivity contribution >= 4 is 15.4 Å². The normalized spacial score (nSPS) is 12.0. The van der Waals surface area contributed by atoms with Gasteiger partial charge in [0.25, 0.3) is 0 Å². The Kier molecular flexibility index (Phi) is 7.99. The van der Waals surface area contributed by atoms with Crippen molar-refractivity contribution < 1.29 is 2.85 Å². The Bertz CT molecular complexity index is 70.1. The molecule has 0 fully saturated rings. The van der Waals surface area contributed by atoms with Crippen LogP contribution in [0.1, 0.15) is 23.1 Å². The molecule has 0 bridgehead atoms. The van der Waals surface area contributed by atoms with Crippen molar-refractivity contribution in [3.8, 4) is 0 Å². The third-order valence-electron chi connectivity index (χ3n) is 1.97.